The van der Waals surface area contributed by atoms with E-state index in [-0.39, 0.29) is 23.7 Å². The average Bonchev–Trinajstić information content (AvgIpc) is 3.17. The van der Waals surface area contributed by atoms with Gasteiger partial charge in [0.2, 0.25) is 0 Å². The van der Waals surface area contributed by atoms with Gasteiger partial charge >= 0.3 is 6.03 Å². The first-order valence-electron chi connectivity index (χ1n) is 9.10. The van der Waals surface area contributed by atoms with Gasteiger partial charge in [-0.3, -0.25) is 4.79 Å². The third kappa shape index (κ3) is 4.88. The Balaban J connectivity index is 1.50. The Kier molecular flexibility index (Phi) is 5.94. The van der Waals surface area contributed by atoms with Gasteiger partial charge < -0.3 is 20.4 Å². The Morgan fingerprint density at radius 1 is 1.15 bits per heavy atom. The van der Waals surface area contributed by atoms with Crippen LogP contribution in [0.1, 0.15) is 48.7 Å². The lowest BCUT2D eigenvalue weighted by molar-refractivity contribution is 0.0996. The summed E-state index contributed by atoms with van der Waals surface area (Å²) in [4.78, 5) is 24.2. The summed E-state index contributed by atoms with van der Waals surface area (Å²) in [6, 6.07) is 10.8. The van der Waals surface area contributed by atoms with E-state index in [4.69, 9.17) is 4.42 Å². The van der Waals surface area contributed by atoms with Crippen LogP contribution < -0.4 is 16.0 Å². The molecule has 1 saturated carbocycles. The number of rotatable bonds is 5. The molecule has 26 heavy (non-hydrogen) atoms. The maximum atomic E-state index is 12.1. The number of amides is 3. The van der Waals surface area contributed by atoms with E-state index >= 15 is 0 Å². The normalized spacial score (nSPS) is 19.6. The average molecular weight is 355 g/mol. The van der Waals surface area contributed by atoms with Crippen LogP contribution in [0.3, 0.4) is 0 Å². The quantitative estimate of drug-likeness (QED) is 0.760. The molecule has 2 aromatic rings. The summed E-state index contributed by atoms with van der Waals surface area (Å²) in [7, 11) is 0. The molecule has 6 nitrogen and oxygen atoms in total. The van der Waals surface area contributed by atoms with E-state index in [1.54, 1.807) is 18.2 Å². The van der Waals surface area contributed by atoms with Crippen molar-refractivity contribution < 1.29 is 14.0 Å². The van der Waals surface area contributed by atoms with Gasteiger partial charge in [-0.2, -0.15) is 0 Å². The van der Waals surface area contributed by atoms with Gasteiger partial charge in [0.1, 0.15) is 0 Å². The van der Waals surface area contributed by atoms with Crippen molar-refractivity contribution in [3.05, 3.63) is 54.0 Å². The lowest BCUT2D eigenvalue weighted by Crippen LogP contribution is -2.45. The number of carbonyl (C=O) groups excluding carboxylic acids is 2. The smallest absolute Gasteiger partial charge is 0.315 e. The van der Waals surface area contributed by atoms with Crippen LogP contribution in [-0.2, 0) is 6.54 Å². The molecule has 2 atom stereocenters. The molecular weight excluding hydrogens is 330 g/mol. The first kappa shape index (κ1) is 18.0. The van der Waals surface area contributed by atoms with Crippen LogP contribution >= 0.6 is 0 Å². The van der Waals surface area contributed by atoms with Crippen LogP contribution in [0.15, 0.2) is 47.1 Å². The van der Waals surface area contributed by atoms with Gasteiger partial charge in [-0.05, 0) is 48.6 Å². The second-order valence-electron chi connectivity index (χ2n) is 6.83. The fourth-order valence-corrected chi connectivity index (χ4v) is 3.29. The SMILES string of the molecule is CC1CCCCC1NC(=O)NCc1cccc(NC(=O)c2ccco2)c1. The Morgan fingerprint density at radius 2 is 2.00 bits per heavy atom. The summed E-state index contributed by atoms with van der Waals surface area (Å²) in [5.41, 5.74) is 1.57. The van der Waals surface area contributed by atoms with Crippen LogP contribution in [0, 0.1) is 5.92 Å². The number of furan rings is 1. The fraction of sp³-hybridized carbons (Fsp3) is 0.400. The number of hydrogen-bond acceptors (Lipinski definition) is 3. The van der Waals surface area contributed by atoms with Gasteiger partial charge in [-0.25, -0.2) is 4.79 Å². The highest BCUT2D eigenvalue weighted by molar-refractivity contribution is 6.02. The zero-order valence-corrected chi connectivity index (χ0v) is 15.0. The van der Waals surface area contributed by atoms with Crippen molar-refractivity contribution in [3.63, 3.8) is 0 Å². The van der Waals surface area contributed by atoms with Crippen LogP contribution in [0.4, 0.5) is 10.5 Å². The topological polar surface area (TPSA) is 83.4 Å². The summed E-state index contributed by atoms with van der Waals surface area (Å²) >= 11 is 0. The molecule has 1 aromatic heterocycles. The van der Waals surface area contributed by atoms with E-state index in [1.165, 1.54) is 25.5 Å². The van der Waals surface area contributed by atoms with Gasteiger partial charge in [0.25, 0.3) is 5.91 Å². The Labute approximate surface area is 153 Å². The van der Waals surface area contributed by atoms with Gasteiger partial charge in [0.05, 0.1) is 6.26 Å². The standard InChI is InChI=1S/C20H25N3O3/c1-14-6-2-3-9-17(14)23-20(25)21-13-15-7-4-8-16(12-15)22-19(24)18-10-5-11-26-18/h4-5,7-8,10-12,14,17H,2-3,6,9,13H2,1H3,(H,22,24)(H2,21,23,25). The number of urea groups is 1. The van der Waals surface area contributed by atoms with Gasteiger partial charge in [0.15, 0.2) is 5.76 Å². The molecule has 0 saturated heterocycles. The highest BCUT2D eigenvalue weighted by atomic mass is 16.3. The fourth-order valence-electron chi connectivity index (χ4n) is 3.29. The molecule has 138 valence electrons. The van der Waals surface area contributed by atoms with Crippen molar-refractivity contribution in [3.8, 4) is 0 Å². The summed E-state index contributed by atoms with van der Waals surface area (Å²) in [6.07, 6.45) is 6.09. The van der Waals surface area contributed by atoms with Crippen molar-refractivity contribution in [2.45, 2.75) is 45.2 Å². The zero-order chi connectivity index (χ0) is 18.4. The number of nitrogens with one attached hydrogen (secondary N) is 3. The molecule has 3 N–H and O–H groups in total. The summed E-state index contributed by atoms with van der Waals surface area (Å²) in [5, 5.41) is 8.75. The van der Waals surface area contributed by atoms with E-state index in [2.05, 4.69) is 22.9 Å². The maximum absolute atomic E-state index is 12.1. The largest absolute Gasteiger partial charge is 0.459 e. The molecule has 0 spiro atoms. The van der Waals surface area contributed by atoms with Crippen molar-refractivity contribution in [1.82, 2.24) is 10.6 Å². The first-order chi connectivity index (χ1) is 12.6. The van der Waals surface area contributed by atoms with E-state index in [0.717, 1.165) is 12.0 Å². The van der Waals surface area contributed by atoms with Gasteiger partial charge in [-0.1, -0.05) is 31.9 Å². The molecule has 0 aliphatic heterocycles. The molecule has 0 bridgehead atoms. The molecule has 2 unspecified atom stereocenters. The number of anilines is 1. The zero-order valence-electron chi connectivity index (χ0n) is 15.0. The van der Waals surface area contributed by atoms with Crippen LogP contribution in [0.5, 0.6) is 0 Å². The summed E-state index contributed by atoms with van der Waals surface area (Å²) < 4.78 is 5.08. The molecule has 3 amide bonds. The van der Waals surface area contributed by atoms with Crippen LogP contribution in [0.2, 0.25) is 0 Å². The van der Waals surface area contributed by atoms with Crippen molar-refractivity contribution >= 4 is 17.6 Å². The lowest BCUT2D eigenvalue weighted by Gasteiger charge is -2.29. The molecule has 3 rings (SSSR count). The van der Waals surface area contributed by atoms with E-state index in [1.807, 2.05) is 18.2 Å². The number of hydrogen-bond donors (Lipinski definition) is 3. The monoisotopic (exact) mass is 355 g/mol. The predicted molar refractivity (Wildman–Crippen MR) is 99.9 cm³/mol. The Bertz CT molecular complexity index is 743. The second-order valence-corrected chi connectivity index (χ2v) is 6.83. The minimum Gasteiger partial charge on any atom is -0.459 e. The highest BCUT2D eigenvalue weighted by Gasteiger charge is 2.22. The first-order valence-corrected chi connectivity index (χ1v) is 9.10. The predicted octanol–water partition coefficient (Wildman–Crippen LogP) is 3.91. The van der Waals surface area contributed by atoms with E-state index in [0.29, 0.717) is 18.2 Å². The van der Waals surface area contributed by atoms with Crippen LogP contribution in [-0.4, -0.2) is 18.0 Å². The van der Waals surface area contributed by atoms with Crippen molar-refractivity contribution in [2.24, 2.45) is 5.92 Å². The minimum atomic E-state index is -0.302. The molecule has 1 aromatic carbocycles. The molecule has 1 aliphatic rings. The van der Waals surface area contributed by atoms with E-state index < -0.39 is 0 Å². The van der Waals surface area contributed by atoms with E-state index in [9.17, 15) is 9.59 Å². The third-order valence-electron chi connectivity index (χ3n) is 4.81. The number of carbonyl (C=O) groups is 2. The third-order valence-corrected chi connectivity index (χ3v) is 4.81. The Hall–Kier alpha value is -2.76. The molecule has 1 aliphatic carbocycles. The summed E-state index contributed by atoms with van der Waals surface area (Å²) in [5.74, 6) is 0.480. The highest BCUT2D eigenvalue weighted by Crippen LogP contribution is 2.23. The molecule has 1 fully saturated rings. The second kappa shape index (κ2) is 8.56. The summed E-state index contributed by atoms with van der Waals surface area (Å²) in [6.45, 7) is 2.59. The minimum absolute atomic E-state index is 0.145. The number of benzene rings is 1. The van der Waals surface area contributed by atoms with Gasteiger partial charge in [0, 0.05) is 18.3 Å². The van der Waals surface area contributed by atoms with Crippen molar-refractivity contribution in [1.29, 1.82) is 0 Å². The maximum Gasteiger partial charge on any atom is 0.315 e. The molecule has 6 heteroatoms. The molecular formula is C20H25N3O3. The molecule has 0 radical (unpaired) electrons. The Morgan fingerprint density at radius 3 is 2.77 bits per heavy atom. The van der Waals surface area contributed by atoms with Crippen molar-refractivity contribution in [2.75, 3.05) is 5.32 Å². The molecule has 1 heterocycles. The van der Waals surface area contributed by atoms with Gasteiger partial charge in [-0.15, -0.1) is 0 Å². The van der Waals surface area contributed by atoms with Crippen LogP contribution in [0.25, 0.3) is 0 Å². The lowest BCUT2D eigenvalue weighted by atomic mass is 9.86.